The number of aliphatic hydroxyl groups is 1. The quantitative estimate of drug-likeness (QED) is 0.147. The molecule has 0 bridgehead atoms. The van der Waals surface area contributed by atoms with Crippen LogP contribution in [0.5, 0.6) is 0 Å². The van der Waals surface area contributed by atoms with Crippen LogP contribution in [0.4, 0.5) is 0 Å². The van der Waals surface area contributed by atoms with Crippen molar-refractivity contribution in [3.05, 3.63) is 0 Å². The average Bonchev–Trinajstić information content (AvgIpc) is 2.60. The molecule has 0 amide bonds. The summed E-state index contributed by atoms with van der Waals surface area (Å²) in [6.45, 7) is 4.36. The normalized spacial score (nSPS) is 26.5. The first-order valence-corrected chi connectivity index (χ1v) is 13.6. The second kappa shape index (κ2) is 11.3. The molecule has 1 saturated heterocycles. The largest absolute Gasteiger partial charge is 0.748 e. The summed E-state index contributed by atoms with van der Waals surface area (Å²) in [5.41, 5.74) is -0.888. The fraction of sp³-hybridized carbons (Fsp3) is 1.00. The van der Waals surface area contributed by atoms with Gasteiger partial charge in [0.25, 0.3) is 0 Å². The van der Waals surface area contributed by atoms with Crippen molar-refractivity contribution in [2.24, 2.45) is 0 Å². The summed E-state index contributed by atoms with van der Waals surface area (Å²) in [7, 11) is -3.14. The van der Waals surface area contributed by atoms with E-state index in [9.17, 15) is 22.9 Å². The van der Waals surface area contributed by atoms with Gasteiger partial charge in [-0.2, -0.15) is 0 Å². The maximum atomic E-state index is 10.7. The number of nitrogens with zero attached hydrogens (tertiary/aromatic N) is 1. The zero-order chi connectivity index (χ0) is 21.3. The molecule has 0 atom stereocenters. The fourth-order valence-corrected chi connectivity index (χ4v) is 5.69. The van der Waals surface area contributed by atoms with Gasteiger partial charge in [0, 0.05) is 18.2 Å². The lowest BCUT2D eigenvalue weighted by Gasteiger charge is -2.42. The summed E-state index contributed by atoms with van der Waals surface area (Å²) in [4.78, 5) is 10.6. The average molecular weight is 443 g/mol. The highest BCUT2D eigenvalue weighted by Crippen LogP contribution is 2.24. The van der Waals surface area contributed by atoms with Crippen molar-refractivity contribution in [1.82, 2.24) is 5.32 Å². The van der Waals surface area contributed by atoms with E-state index >= 15 is 0 Å². The topological polar surface area (TPSA) is 128 Å². The van der Waals surface area contributed by atoms with Gasteiger partial charge >= 0.3 is 8.80 Å². The first-order chi connectivity index (χ1) is 12.9. The Kier molecular flexibility index (Phi) is 10.5. The van der Waals surface area contributed by atoms with E-state index in [0.29, 0.717) is 6.04 Å². The molecule has 0 unspecified atom stereocenters. The van der Waals surface area contributed by atoms with Crippen LogP contribution in [0.2, 0.25) is 6.04 Å². The van der Waals surface area contributed by atoms with Crippen molar-refractivity contribution in [3.8, 4) is 0 Å². The predicted octanol–water partition coefficient (Wildman–Crippen LogP) is -0.123. The lowest BCUT2D eigenvalue weighted by molar-refractivity contribution is -0.890. The molecule has 0 spiro atoms. The van der Waals surface area contributed by atoms with E-state index in [1.807, 2.05) is 0 Å². The Bertz CT molecular complexity index is 552. The van der Waals surface area contributed by atoms with E-state index in [2.05, 4.69) is 26.3 Å². The zero-order valence-corrected chi connectivity index (χ0v) is 19.3. The SMILES string of the molecule is CCCCC[N+](C)(C)CCC[Si]1(O)OCC(CO)(NCCCS(=O)(=O)[O-])CO1. The molecule has 1 heterocycles. The molecular weight excluding hydrogens is 404 g/mol. The smallest absolute Gasteiger partial charge is 0.498 e. The van der Waals surface area contributed by atoms with Gasteiger partial charge in [-0.1, -0.05) is 13.3 Å². The van der Waals surface area contributed by atoms with Crippen LogP contribution >= 0.6 is 0 Å². The van der Waals surface area contributed by atoms with Gasteiger partial charge in [0.1, 0.15) is 0 Å². The second-order valence-electron chi connectivity index (χ2n) is 8.46. The molecule has 1 fully saturated rings. The maximum absolute atomic E-state index is 10.7. The highest BCUT2D eigenvalue weighted by Gasteiger charge is 2.47. The maximum Gasteiger partial charge on any atom is 0.498 e. The third-order valence-electron chi connectivity index (χ3n) is 5.14. The lowest BCUT2D eigenvalue weighted by atomic mass is 10.0. The zero-order valence-electron chi connectivity index (χ0n) is 17.5. The van der Waals surface area contributed by atoms with Crippen LogP contribution < -0.4 is 5.32 Å². The highest BCUT2D eigenvalue weighted by atomic mass is 32.2. The molecule has 3 N–H and O–H groups in total. The minimum Gasteiger partial charge on any atom is -0.748 e. The van der Waals surface area contributed by atoms with Crippen LogP contribution in [0, 0.1) is 0 Å². The summed E-state index contributed by atoms with van der Waals surface area (Å²) in [6.07, 6.45) is 4.55. The van der Waals surface area contributed by atoms with Crippen LogP contribution in [0.25, 0.3) is 0 Å². The number of hydrogen-bond acceptors (Lipinski definition) is 8. The van der Waals surface area contributed by atoms with Crippen molar-refractivity contribution in [1.29, 1.82) is 0 Å². The van der Waals surface area contributed by atoms with Gasteiger partial charge in [0.2, 0.25) is 0 Å². The Morgan fingerprint density at radius 3 is 2.29 bits per heavy atom. The minimum absolute atomic E-state index is 0.0884. The number of hydrogen-bond donors (Lipinski definition) is 3. The molecular formula is C17H38N2O7SSi. The standard InChI is InChI=1S/C17H38N2O7SSi/c1-4-5-6-10-19(2,3)11-8-13-28(24)25-15-17(14-20,16-26-28)18-9-7-12-27(21,22)23/h18,20,24H,4-16H2,1-3H3. The third-order valence-corrected chi connectivity index (χ3v) is 8.11. The number of rotatable bonds is 14. The molecule has 168 valence electrons. The Labute approximate surface area is 170 Å². The fourth-order valence-electron chi connectivity index (χ4n) is 3.21. The molecule has 0 aliphatic carbocycles. The summed E-state index contributed by atoms with van der Waals surface area (Å²) >= 11 is 0. The van der Waals surface area contributed by atoms with E-state index in [4.69, 9.17) is 8.85 Å². The van der Waals surface area contributed by atoms with Crippen LogP contribution in [0.15, 0.2) is 0 Å². The number of unbranched alkanes of at least 4 members (excludes halogenated alkanes) is 2. The monoisotopic (exact) mass is 442 g/mol. The van der Waals surface area contributed by atoms with Crippen molar-refractivity contribution >= 4 is 18.9 Å². The third kappa shape index (κ3) is 10.1. The van der Waals surface area contributed by atoms with E-state index in [-0.39, 0.29) is 32.8 Å². The first-order valence-electron chi connectivity index (χ1n) is 10.1. The van der Waals surface area contributed by atoms with Crippen LogP contribution in [0.3, 0.4) is 0 Å². The first kappa shape index (κ1) is 25.9. The Morgan fingerprint density at radius 2 is 1.75 bits per heavy atom. The molecule has 11 heteroatoms. The highest BCUT2D eigenvalue weighted by molar-refractivity contribution is 7.85. The van der Waals surface area contributed by atoms with Gasteiger partial charge in [-0.05, 0) is 25.8 Å². The number of aliphatic hydroxyl groups excluding tert-OH is 1. The summed E-state index contributed by atoms with van der Waals surface area (Å²) in [5, 5.41) is 12.7. The summed E-state index contributed by atoms with van der Waals surface area (Å²) in [6, 6.07) is 0.471. The van der Waals surface area contributed by atoms with E-state index < -0.39 is 30.2 Å². The predicted molar refractivity (Wildman–Crippen MR) is 108 cm³/mol. The molecule has 0 aromatic carbocycles. The van der Waals surface area contributed by atoms with Gasteiger partial charge in [-0.15, -0.1) is 0 Å². The van der Waals surface area contributed by atoms with Gasteiger partial charge in [0.15, 0.2) is 0 Å². The van der Waals surface area contributed by atoms with Crippen molar-refractivity contribution in [2.45, 2.75) is 50.6 Å². The van der Waals surface area contributed by atoms with Crippen LogP contribution in [0.1, 0.15) is 39.0 Å². The molecule has 1 rings (SSSR count). The Hall–Kier alpha value is -0.113. The number of quaternary nitrogens is 1. The molecule has 0 saturated carbocycles. The lowest BCUT2D eigenvalue weighted by Crippen LogP contribution is -2.65. The van der Waals surface area contributed by atoms with E-state index in [1.165, 1.54) is 19.3 Å². The second-order valence-corrected chi connectivity index (χ2v) is 12.5. The van der Waals surface area contributed by atoms with Gasteiger partial charge in [-0.25, -0.2) is 8.42 Å². The molecule has 1 aliphatic heterocycles. The summed E-state index contributed by atoms with van der Waals surface area (Å²) < 4.78 is 44.1. The molecule has 0 aromatic heterocycles. The van der Waals surface area contributed by atoms with Crippen molar-refractivity contribution in [2.75, 3.05) is 59.3 Å². The van der Waals surface area contributed by atoms with Gasteiger partial charge in [0.05, 0.1) is 62.7 Å². The van der Waals surface area contributed by atoms with E-state index in [1.54, 1.807) is 0 Å². The molecule has 1 aliphatic rings. The Balaban J connectivity index is 2.38. The number of nitrogens with one attached hydrogen (secondary N) is 1. The molecule has 9 nitrogen and oxygen atoms in total. The van der Waals surface area contributed by atoms with Gasteiger partial charge in [-0.3, -0.25) is 0 Å². The summed E-state index contributed by atoms with van der Waals surface area (Å²) in [5.74, 6) is -0.464. The van der Waals surface area contributed by atoms with Crippen molar-refractivity contribution in [3.63, 3.8) is 0 Å². The Morgan fingerprint density at radius 1 is 1.14 bits per heavy atom. The van der Waals surface area contributed by atoms with Gasteiger partial charge < -0.3 is 33.1 Å². The van der Waals surface area contributed by atoms with Crippen molar-refractivity contribution < 1.29 is 36.2 Å². The minimum atomic E-state index is -4.25. The molecule has 0 radical (unpaired) electrons. The van der Waals surface area contributed by atoms with Crippen LogP contribution in [-0.2, 0) is 19.0 Å². The van der Waals surface area contributed by atoms with E-state index in [0.717, 1.165) is 24.0 Å². The van der Waals surface area contributed by atoms with Crippen LogP contribution in [-0.4, -0.2) is 101 Å². The molecule has 28 heavy (non-hydrogen) atoms. The molecule has 0 aromatic rings.